The fourth-order valence-corrected chi connectivity index (χ4v) is 6.27. The molecule has 2 saturated carbocycles. The maximum absolute atomic E-state index is 11.1. The molecule has 0 radical (unpaired) electrons. The smallest absolute Gasteiger partial charge is 0.303 e. The number of aliphatic hydroxyl groups is 1. The quantitative estimate of drug-likeness (QED) is 0.748. The summed E-state index contributed by atoms with van der Waals surface area (Å²) in [7, 11) is 0. The van der Waals surface area contributed by atoms with Crippen molar-refractivity contribution in [2.24, 2.45) is 10.8 Å². The number of fused-ring (bicyclic) bond motifs is 2. The molecule has 2 aliphatic carbocycles. The minimum atomic E-state index is -0.789. The predicted molar refractivity (Wildman–Crippen MR) is 68.1 cm³/mol. The number of halogens is 2. The minimum absolute atomic E-state index is 0.00796. The van der Waals surface area contributed by atoms with E-state index in [4.69, 9.17) is 5.11 Å². The third-order valence-corrected chi connectivity index (χ3v) is 8.34. The lowest BCUT2D eigenvalue weighted by Crippen LogP contribution is -2.47. The van der Waals surface area contributed by atoms with E-state index in [2.05, 4.69) is 31.9 Å². The predicted octanol–water partition coefficient (Wildman–Crippen LogP) is 2.54. The Hall–Kier alpha value is 0.390. The second-order valence-corrected chi connectivity index (χ2v) is 8.03. The fourth-order valence-electron chi connectivity index (χ4n) is 3.60. The van der Waals surface area contributed by atoms with Gasteiger partial charge in [-0.3, -0.25) is 4.79 Å². The molecule has 0 aliphatic heterocycles. The summed E-state index contributed by atoms with van der Waals surface area (Å²) in [5.74, 6) is -0.789. The number of carbonyl (C=O) groups is 1. The van der Waals surface area contributed by atoms with E-state index in [0.29, 0.717) is 0 Å². The molecular weight excluding hydrogens is 340 g/mol. The Labute approximate surface area is 112 Å². The van der Waals surface area contributed by atoms with Crippen molar-refractivity contribution in [2.75, 3.05) is 0 Å². The number of carboxylic acid groups (broad SMARTS) is 1. The van der Waals surface area contributed by atoms with Gasteiger partial charge < -0.3 is 10.2 Å². The number of rotatable bonds is 2. The zero-order valence-electron chi connectivity index (χ0n) is 9.33. The van der Waals surface area contributed by atoms with Crippen molar-refractivity contribution >= 4 is 37.8 Å². The summed E-state index contributed by atoms with van der Waals surface area (Å²) < 4.78 is -0.369. The van der Waals surface area contributed by atoms with Crippen LogP contribution >= 0.6 is 31.9 Å². The summed E-state index contributed by atoms with van der Waals surface area (Å²) in [5.41, 5.74) is -0.747. The summed E-state index contributed by atoms with van der Waals surface area (Å²) in [4.78, 5) is 11.1. The van der Waals surface area contributed by atoms with Crippen molar-refractivity contribution in [2.45, 2.75) is 48.4 Å². The first kappa shape index (κ1) is 12.8. The van der Waals surface area contributed by atoms with Gasteiger partial charge in [0.25, 0.3) is 0 Å². The molecule has 0 aromatic rings. The molecule has 0 heterocycles. The molecule has 2 rings (SSSR count). The van der Waals surface area contributed by atoms with Crippen LogP contribution in [0.25, 0.3) is 0 Å². The third-order valence-electron chi connectivity index (χ3n) is 4.75. The molecule has 0 spiro atoms. The van der Waals surface area contributed by atoms with Crippen molar-refractivity contribution in [1.29, 1.82) is 0 Å². The number of carboxylic acids is 1. The summed E-state index contributed by atoms with van der Waals surface area (Å²) in [6.07, 6.45) is 1.25. The van der Waals surface area contributed by atoms with Crippen LogP contribution in [0.1, 0.15) is 33.1 Å². The average molecular weight is 356 g/mol. The highest BCUT2D eigenvalue weighted by molar-refractivity contribution is 9.12. The van der Waals surface area contributed by atoms with Crippen LogP contribution in [0.5, 0.6) is 0 Å². The molecule has 4 atom stereocenters. The van der Waals surface area contributed by atoms with Crippen molar-refractivity contribution in [3.63, 3.8) is 0 Å². The highest BCUT2D eigenvalue weighted by atomic mass is 79.9. The van der Waals surface area contributed by atoms with Crippen LogP contribution in [0.3, 0.4) is 0 Å². The summed E-state index contributed by atoms with van der Waals surface area (Å²) >= 11 is 7.25. The molecule has 0 aromatic carbocycles. The standard InChI is InChI=1S/C11H16Br2O3/c1-9(2)8(16)11(13)4-3-10(9,7(11)12)5-6(14)15/h7-8,16H,3-5H2,1-2H3,(H,14,15)/t7-,8-,10-,11-/m1/s1. The fraction of sp³-hybridized carbons (Fsp3) is 0.909. The Balaban J connectivity index is 2.48. The highest BCUT2D eigenvalue weighted by Crippen LogP contribution is 2.72. The van der Waals surface area contributed by atoms with E-state index < -0.39 is 12.1 Å². The number of aliphatic carboxylic acids is 1. The van der Waals surface area contributed by atoms with Crippen LogP contribution in [0, 0.1) is 10.8 Å². The topological polar surface area (TPSA) is 57.5 Å². The lowest BCUT2D eigenvalue weighted by atomic mass is 9.62. The Morgan fingerprint density at radius 2 is 2.00 bits per heavy atom. The SMILES string of the molecule is CC1(C)[C@@H](O)[C@@]2(Br)CC[C@@]1(CC(=O)O)[C@H]2Br. The molecule has 16 heavy (non-hydrogen) atoms. The zero-order valence-corrected chi connectivity index (χ0v) is 12.5. The summed E-state index contributed by atoms with van der Waals surface area (Å²) in [6, 6.07) is 0. The third kappa shape index (κ3) is 1.25. The van der Waals surface area contributed by atoms with Crippen LogP contribution < -0.4 is 0 Å². The molecule has 92 valence electrons. The zero-order chi connectivity index (χ0) is 12.4. The first-order chi connectivity index (χ1) is 7.18. The van der Waals surface area contributed by atoms with Gasteiger partial charge in [0, 0.05) is 10.2 Å². The van der Waals surface area contributed by atoms with Crippen molar-refractivity contribution in [3.05, 3.63) is 0 Å². The molecule has 0 saturated heterocycles. The Bertz CT molecular complexity index is 344. The number of hydrogen-bond donors (Lipinski definition) is 2. The van der Waals surface area contributed by atoms with E-state index in [1.165, 1.54) is 0 Å². The normalized spacial score (nSPS) is 49.6. The first-order valence-corrected chi connectivity index (χ1v) is 7.12. The van der Waals surface area contributed by atoms with Crippen molar-refractivity contribution in [1.82, 2.24) is 0 Å². The van der Waals surface area contributed by atoms with Gasteiger partial charge in [0.1, 0.15) is 0 Å². The van der Waals surface area contributed by atoms with Gasteiger partial charge >= 0.3 is 5.97 Å². The van der Waals surface area contributed by atoms with E-state index in [0.717, 1.165) is 12.8 Å². The van der Waals surface area contributed by atoms with Crippen LogP contribution in [0.2, 0.25) is 0 Å². The molecule has 2 N–H and O–H groups in total. The van der Waals surface area contributed by atoms with Gasteiger partial charge in [0.15, 0.2) is 0 Å². The summed E-state index contributed by atoms with van der Waals surface area (Å²) in [5, 5.41) is 19.5. The van der Waals surface area contributed by atoms with Crippen LogP contribution in [0.4, 0.5) is 0 Å². The molecule has 2 bridgehead atoms. The first-order valence-electron chi connectivity index (χ1n) is 5.41. The van der Waals surface area contributed by atoms with Gasteiger partial charge in [-0.2, -0.15) is 0 Å². The van der Waals surface area contributed by atoms with Crippen LogP contribution in [-0.2, 0) is 4.79 Å². The summed E-state index contributed by atoms with van der Waals surface area (Å²) in [6.45, 7) is 3.94. The molecule has 0 amide bonds. The van der Waals surface area contributed by atoms with E-state index >= 15 is 0 Å². The number of hydrogen-bond acceptors (Lipinski definition) is 2. The molecule has 3 nitrogen and oxygen atoms in total. The monoisotopic (exact) mass is 354 g/mol. The molecular formula is C11H16Br2O3. The number of aliphatic hydroxyl groups excluding tert-OH is 1. The second-order valence-electron chi connectivity index (χ2n) is 5.64. The minimum Gasteiger partial charge on any atom is -0.481 e. The Kier molecular flexibility index (Phi) is 2.77. The maximum Gasteiger partial charge on any atom is 0.303 e. The van der Waals surface area contributed by atoms with Gasteiger partial charge in [-0.05, 0) is 18.3 Å². The van der Waals surface area contributed by atoms with Gasteiger partial charge in [-0.1, -0.05) is 45.7 Å². The molecule has 0 unspecified atom stereocenters. The Morgan fingerprint density at radius 1 is 1.44 bits per heavy atom. The maximum atomic E-state index is 11.1. The van der Waals surface area contributed by atoms with Crippen LogP contribution in [-0.4, -0.2) is 31.4 Å². The van der Waals surface area contributed by atoms with Crippen molar-refractivity contribution < 1.29 is 15.0 Å². The molecule has 5 heteroatoms. The van der Waals surface area contributed by atoms with Crippen LogP contribution in [0.15, 0.2) is 0 Å². The molecule has 2 aliphatic rings. The van der Waals surface area contributed by atoms with E-state index in [1.807, 2.05) is 13.8 Å². The van der Waals surface area contributed by atoms with Gasteiger partial charge in [-0.15, -0.1) is 0 Å². The average Bonchev–Trinajstić information content (AvgIpc) is 2.46. The van der Waals surface area contributed by atoms with Crippen molar-refractivity contribution in [3.8, 4) is 0 Å². The van der Waals surface area contributed by atoms with Gasteiger partial charge in [0.05, 0.1) is 16.8 Å². The van der Waals surface area contributed by atoms with E-state index in [1.54, 1.807) is 0 Å². The highest BCUT2D eigenvalue weighted by Gasteiger charge is 2.74. The van der Waals surface area contributed by atoms with Gasteiger partial charge in [0.2, 0.25) is 0 Å². The Morgan fingerprint density at radius 3 is 2.38 bits per heavy atom. The lowest BCUT2D eigenvalue weighted by molar-refractivity contribution is -0.143. The van der Waals surface area contributed by atoms with E-state index in [9.17, 15) is 9.90 Å². The number of alkyl halides is 2. The lowest BCUT2D eigenvalue weighted by Gasteiger charge is -2.45. The second kappa shape index (κ2) is 3.45. The molecule has 2 fully saturated rings. The van der Waals surface area contributed by atoms with E-state index in [-0.39, 0.29) is 26.4 Å². The largest absolute Gasteiger partial charge is 0.481 e. The molecule has 0 aromatic heterocycles. The van der Waals surface area contributed by atoms with Gasteiger partial charge in [-0.25, -0.2) is 0 Å².